The van der Waals surface area contributed by atoms with Crippen LogP contribution in [0, 0.1) is 17.9 Å². The second kappa shape index (κ2) is 9.91. The molecule has 0 fully saturated rings. The fourth-order valence-corrected chi connectivity index (χ4v) is 6.45. The predicted octanol–water partition coefficient (Wildman–Crippen LogP) is 9.98. The Morgan fingerprint density at radius 1 is 0.614 bits per heavy atom. The van der Waals surface area contributed by atoms with E-state index in [0.29, 0.717) is 11.3 Å². The highest BCUT2D eigenvalue weighted by molar-refractivity contribution is 6.13. The Balaban J connectivity index is 1.37. The molecule has 8 aromatic rings. The number of nitriles is 1. The molecule has 6 aromatic carbocycles. The van der Waals surface area contributed by atoms with Gasteiger partial charge in [-0.2, -0.15) is 5.26 Å². The van der Waals surface area contributed by atoms with Crippen molar-refractivity contribution < 1.29 is 4.74 Å². The zero-order chi connectivity index (χ0) is 29.8. The maximum Gasteiger partial charge on any atom is 0.188 e. The van der Waals surface area contributed by atoms with E-state index in [1.54, 1.807) is 19.2 Å². The molecular weight excluding hydrogens is 540 g/mol. The molecule has 8 rings (SSSR count). The molecule has 0 saturated carbocycles. The fourth-order valence-electron chi connectivity index (χ4n) is 6.45. The van der Waals surface area contributed by atoms with E-state index in [1.807, 2.05) is 30.3 Å². The van der Waals surface area contributed by atoms with E-state index in [2.05, 4.69) is 105 Å². The van der Waals surface area contributed by atoms with Gasteiger partial charge in [-0.15, -0.1) is 0 Å². The molecule has 0 spiro atoms. The maximum absolute atomic E-state index is 10.0. The van der Waals surface area contributed by atoms with Crippen molar-refractivity contribution in [3.8, 4) is 34.3 Å². The van der Waals surface area contributed by atoms with Gasteiger partial charge in [-0.05, 0) is 83.9 Å². The summed E-state index contributed by atoms with van der Waals surface area (Å²) in [5, 5.41) is 14.5. The van der Waals surface area contributed by atoms with E-state index < -0.39 is 0 Å². The smallest absolute Gasteiger partial charge is 0.188 e. The van der Waals surface area contributed by atoms with Crippen molar-refractivity contribution in [3.05, 3.63) is 144 Å². The number of benzene rings is 6. The monoisotopic (exact) mass is 564 g/mol. The van der Waals surface area contributed by atoms with Crippen LogP contribution in [0.15, 0.2) is 127 Å². The first-order valence-corrected chi connectivity index (χ1v) is 14.3. The minimum atomic E-state index is 0.444. The van der Waals surface area contributed by atoms with E-state index in [1.165, 1.54) is 16.3 Å². The minimum Gasteiger partial charge on any atom is -0.497 e. The van der Waals surface area contributed by atoms with E-state index in [9.17, 15) is 5.26 Å². The highest BCUT2D eigenvalue weighted by Gasteiger charge is 2.18. The first-order valence-electron chi connectivity index (χ1n) is 14.3. The third-order valence-corrected chi connectivity index (χ3v) is 8.46. The first-order chi connectivity index (χ1) is 21.7. The van der Waals surface area contributed by atoms with Gasteiger partial charge in [0.15, 0.2) is 5.69 Å². The maximum atomic E-state index is 10.0. The second-order valence-electron chi connectivity index (χ2n) is 10.8. The molecule has 0 aliphatic carbocycles. The number of nitrogens with zero attached hydrogens (tertiary/aromatic N) is 4. The van der Waals surface area contributed by atoms with E-state index in [4.69, 9.17) is 11.3 Å². The number of ether oxygens (including phenoxy) is 1. The molecule has 2 heterocycles. The summed E-state index contributed by atoms with van der Waals surface area (Å²) in [6.45, 7) is 7.41. The number of hydrogen-bond donors (Lipinski definition) is 0. The van der Waals surface area contributed by atoms with Crippen molar-refractivity contribution in [1.29, 1.82) is 5.26 Å². The molecule has 2 aromatic heterocycles. The van der Waals surface area contributed by atoms with E-state index in [0.717, 1.165) is 55.6 Å². The highest BCUT2D eigenvalue weighted by atomic mass is 16.5. The molecule has 0 aliphatic rings. The number of hydrogen-bond acceptors (Lipinski definition) is 2. The number of para-hydroxylation sites is 2. The normalized spacial score (nSPS) is 11.2. The Bertz CT molecular complexity index is 2510. The van der Waals surface area contributed by atoms with Crippen LogP contribution in [0.1, 0.15) is 5.56 Å². The molecule has 0 amide bonds. The summed E-state index contributed by atoms with van der Waals surface area (Å²) in [7, 11) is 1.67. The van der Waals surface area contributed by atoms with Crippen molar-refractivity contribution in [3.63, 3.8) is 0 Å². The van der Waals surface area contributed by atoms with Gasteiger partial charge in [0, 0.05) is 27.2 Å². The SMILES string of the molecule is [C-]#[N+]c1ccc(-n2c3ccc(OC)cc3c3cc(-c4ccc5c(c4)c4ccccc4n5-c4ccccc4)ccc32)c(C#N)c1. The predicted molar refractivity (Wildman–Crippen MR) is 178 cm³/mol. The Kier molecular flexibility index (Phi) is 5.72. The van der Waals surface area contributed by atoms with Crippen LogP contribution in [0.3, 0.4) is 0 Å². The molecule has 0 bridgehead atoms. The number of aromatic nitrogens is 2. The van der Waals surface area contributed by atoms with Gasteiger partial charge in [0.1, 0.15) is 5.75 Å². The summed E-state index contributed by atoms with van der Waals surface area (Å²) in [6.07, 6.45) is 0. The molecular formula is C39H24N4O. The van der Waals surface area contributed by atoms with Crippen LogP contribution in [0.25, 0.3) is 71.0 Å². The van der Waals surface area contributed by atoms with Crippen LogP contribution in [0.5, 0.6) is 5.75 Å². The third kappa shape index (κ3) is 3.78. The zero-order valence-electron chi connectivity index (χ0n) is 23.8. The average Bonchev–Trinajstić information content (AvgIpc) is 3.59. The van der Waals surface area contributed by atoms with Gasteiger partial charge in [-0.1, -0.05) is 54.6 Å². The van der Waals surface area contributed by atoms with Gasteiger partial charge < -0.3 is 13.9 Å². The molecule has 206 valence electrons. The summed E-state index contributed by atoms with van der Waals surface area (Å²) in [5.74, 6) is 0.765. The summed E-state index contributed by atoms with van der Waals surface area (Å²) in [5.41, 5.74) is 9.28. The lowest BCUT2D eigenvalue weighted by molar-refractivity contribution is 0.415. The summed E-state index contributed by atoms with van der Waals surface area (Å²) in [4.78, 5) is 3.52. The largest absolute Gasteiger partial charge is 0.497 e. The standard InChI is InChI=1S/C39H24N4O/c1-41-28-14-18-35(27(20-28)24-40)43-38-17-13-26(22-33(38)34-23-30(44-2)15-19-39(34)43)25-12-16-37-32(21-25)31-10-6-7-11-36(31)42(37)29-8-4-3-5-9-29/h3-23H,2H3. The van der Waals surface area contributed by atoms with Crippen LogP contribution in [-0.2, 0) is 0 Å². The summed E-state index contributed by atoms with van der Waals surface area (Å²) in [6, 6.07) is 45.8. The minimum absolute atomic E-state index is 0.444. The lowest BCUT2D eigenvalue weighted by Crippen LogP contribution is -1.97. The molecule has 0 unspecified atom stereocenters. The molecule has 44 heavy (non-hydrogen) atoms. The van der Waals surface area contributed by atoms with Gasteiger partial charge >= 0.3 is 0 Å². The Labute approximate surface area is 253 Å². The van der Waals surface area contributed by atoms with Crippen LogP contribution < -0.4 is 4.74 Å². The van der Waals surface area contributed by atoms with Crippen molar-refractivity contribution in [2.24, 2.45) is 0 Å². The molecule has 5 heteroatoms. The molecule has 0 atom stereocenters. The molecule has 0 saturated heterocycles. The first kappa shape index (κ1) is 25.4. The van der Waals surface area contributed by atoms with Crippen molar-refractivity contribution in [2.75, 3.05) is 7.11 Å². The lowest BCUT2D eigenvalue weighted by Gasteiger charge is -2.11. The third-order valence-electron chi connectivity index (χ3n) is 8.46. The Hall–Kier alpha value is -6.30. The average molecular weight is 565 g/mol. The van der Waals surface area contributed by atoms with Gasteiger partial charge in [0.2, 0.25) is 0 Å². The highest BCUT2D eigenvalue weighted by Crippen LogP contribution is 2.39. The molecule has 0 aliphatic heterocycles. The molecule has 5 nitrogen and oxygen atoms in total. The van der Waals surface area contributed by atoms with Crippen molar-refractivity contribution in [1.82, 2.24) is 9.13 Å². The van der Waals surface area contributed by atoms with E-state index in [-0.39, 0.29) is 0 Å². The van der Waals surface area contributed by atoms with Gasteiger partial charge in [0.05, 0.1) is 53.1 Å². The van der Waals surface area contributed by atoms with Crippen molar-refractivity contribution >= 4 is 49.3 Å². The Morgan fingerprint density at radius 3 is 1.93 bits per heavy atom. The van der Waals surface area contributed by atoms with E-state index >= 15 is 0 Å². The second-order valence-corrected chi connectivity index (χ2v) is 10.8. The Morgan fingerprint density at radius 2 is 1.23 bits per heavy atom. The summed E-state index contributed by atoms with van der Waals surface area (Å²) < 4.78 is 10.0. The zero-order valence-corrected chi connectivity index (χ0v) is 23.8. The van der Waals surface area contributed by atoms with Crippen molar-refractivity contribution in [2.45, 2.75) is 0 Å². The van der Waals surface area contributed by atoms with Crippen LogP contribution in [0.4, 0.5) is 5.69 Å². The van der Waals surface area contributed by atoms with Crippen LogP contribution in [0.2, 0.25) is 0 Å². The number of rotatable bonds is 4. The van der Waals surface area contributed by atoms with Gasteiger partial charge in [0.25, 0.3) is 0 Å². The fraction of sp³-hybridized carbons (Fsp3) is 0.0256. The quantitative estimate of drug-likeness (QED) is 0.200. The topological polar surface area (TPSA) is 47.2 Å². The number of fused-ring (bicyclic) bond motifs is 6. The van der Waals surface area contributed by atoms with Gasteiger partial charge in [-0.3, -0.25) is 0 Å². The number of methoxy groups -OCH3 is 1. The van der Waals surface area contributed by atoms with Crippen LogP contribution >= 0.6 is 0 Å². The van der Waals surface area contributed by atoms with Crippen LogP contribution in [-0.4, -0.2) is 16.2 Å². The summed E-state index contributed by atoms with van der Waals surface area (Å²) >= 11 is 0. The molecule has 0 radical (unpaired) electrons. The van der Waals surface area contributed by atoms with Gasteiger partial charge in [-0.25, -0.2) is 4.85 Å². The lowest BCUT2D eigenvalue weighted by atomic mass is 10.0. The molecule has 0 N–H and O–H groups in total.